The average Bonchev–Trinajstić information content (AvgIpc) is 2.78. The largest absolute Gasteiger partial charge is 0.489 e. The Labute approximate surface area is 124 Å². The minimum absolute atomic E-state index is 0.220. The number of benzene rings is 1. The zero-order valence-electron chi connectivity index (χ0n) is 11.0. The Morgan fingerprint density at radius 2 is 2.05 bits per heavy atom. The molecule has 0 aliphatic carbocycles. The molecule has 1 aliphatic rings. The molecule has 1 aliphatic heterocycles. The van der Waals surface area contributed by atoms with Crippen LogP contribution in [0, 0.1) is 6.92 Å². The van der Waals surface area contributed by atoms with Crippen molar-refractivity contribution >= 4 is 15.9 Å². The molecule has 6 nitrogen and oxygen atoms in total. The van der Waals surface area contributed by atoms with Gasteiger partial charge in [0.2, 0.25) is 11.7 Å². The molecule has 1 aromatic carbocycles. The zero-order chi connectivity index (χ0) is 14.1. The van der Waals surface area contributed by atoms with Crippen LogP contribution < -0.4 is 15.2 Å². The SMILES string of the molecule is Cc1c(-c2noc(CN)n2)cc(Br)c2c1OCCCO2. The van der Waals surface area contributed by atoms with E-state index in [9.17, 15) is 0 Å². The third-order valence-electron chi connectivity index (χ3n) is 3.10. The number of nitrogens with zero attached hydrogens (tertiary/aromatic N) is 2. The van der Waals surface area contributed by atoms with Crippen molar-refractivity contribution in [1.82, 2.24) is 10.1 Å². The smallest absolute Gasteiger partial charge is 0.240 e. The van der Waals surface area contributed by atoms with Crippen LogP contribution in [0.2, 0.25) is 0 Å². The molecule has 0 unspecified atom stereocenters. The highest BCUT2D eigenvalue weighted by Crippen LogP contribution is 2.43. The molecule has 7 heteroatoms. The maximum absolute atomic E-state index is 5.79. The highest BCUT2D eigenvalue weighted by molar-refractivity contribution is 9.10. The summed E-state index contributed by atoms with van der Waals surface area (Å²) in [6.45, 7) is 3.44. The summed E-state index contributed by atoms with van der Waals surface area (Å²) in [6, 6.07) is 1.91. The van der Waals surface area contributed by atoms with Gasteiger partial charge < -0.3 is 19.7 Å². The lowest BCUT2D eigenvalue weighted by atomic mass is 10.1. The second kappa shape index (κ2) is 5.41. The number of rotatable bonds is 2. The van der Waals surface area contributed by atoms with Gasteiger partial charge in [-0.25, -0.2) is 0 Å². The Morgan fingerprint density at radius 1 is 1.30 bits per heavy atom. The average molecular weight is 340 g/mol. The second-order valence-corrected chi connectivity index (χ2v) is 5.31. The topological polar surface area (TPSA) is 83.4 Å². The van der Waals surface area contributed by atoms with Crippen LogP contribution in [0.25, 0.3) is 11.4 Å². The van der Waals surface area contributed by atoms with Gasteiger partial charge in [-0.1, -0.05) is 5.16 Å². The molecule has 0 spiro atoms. The van der Waals surface area contributed by atoms with Crippen LogP contribution in [-0.4, -0.2) is 23.4 Å². The van der Waals surface area contributed by atoms with Crippen LogP contribution >= 0.6 is 15.9 Å². The molecular weight excluding hydrogens is 326 g/mol. The van der Waals surface area contributed by atoms with Crippen molar-refractivity contribution in [3.05, 3.63) is 22.0 Å². The van der Waals surface area contributed by atoms with Crippen LogP contribution in [0.4, 0.5) is 0 Å². The molecule has 1 aromatic heterocycles. The van der Waals surface area contributed by atoms with Crippen LogP contribution in [0.3, 0.4) is 0 Å². The molecule has 0 radical (unpaired) electrons. The molecule has 0 atom stereocenters. The predicted molar refractivity (Wildman–Crippen MR) is 75.7 cm³/mol. The van der Waals surface area contributed by atoms with Crippen molar-refractivity contribution in [2.75, 3.05) is 13.2 Å². The van der Waals surface area contributed by atoms with Crippen molar-refractivity contribution in [1.29, 1.82) is 0 Å². The summed E-state index contributed by atoms with van der Waals surface area (Å²) >= 11 is 3.51. The fourth-order valence-electron chi connectivity index (χ4n) is 2.10. The van der Waals surface area contributed by atoms with Crippen molar-refractivity contribution < 1.29 is 14.0 Å². The van der Waals surface area contributed by atoms with Gasteiger partial charge in [0, 0.05) is 17.5 Å². The second-order valence-electron chi connectivity index (χ2n) is 4.46. The van der Waals surface area contributed by atoms with Crippen LogP contribution in [0.15, 0.2) is 15.1 Å². The minimum atomic E-state index is 0.220. The molecular formula is C13H14BrN3O3. The Hall–Kier alpha value is -1.60. The molecule has 0 fully saturated rings. The molecule has 0 saturated heterocycles. The Bertz CT molecular complexity index is 642. The molecule has 0 bridgehead atoms. The molecule has 3 rings (SSSR count). The van der Waals surface area contributed by atoms with E-state index in [1.807, 2.05) is 13.0 Å². The number of aromatic nitrogens is 2. The van der Waals surface area contributed by atoms with E-state index in [2.05, 4.69) is 26.1 Å². The number of nitrogens with two attached hydrogens (primary N) is 1. The summed E-state index contributed by atoms with van der Waals surface area (Å²) in [5, 5.41) is 3.95. The number of hydrogen-bond donors (Lipinski definition) is 1. The molecule has 0 saturated carbocycles. The van der Waals surface area contributed by atoms with E-state index >= 15 is 0 Å². The highest BCUT2D eigenvalue weighted by Gasteiger charge is 2.22. The number of fused-ring (bicyclic) bond motifs is 1. The zero-order valence-corrected chi connectivity index (χ0v) is 12.6. The first-order valence-electron chi connectivity index (χ1n) is 6.32. The van der Waals surface area contributed by atoms with E-state index in [4.69, 9.17) is 19.7 Å². The first kappa shape index (κ1) is 13.4. The molecule has 20 heavy (non-hydrogen) atoms. The molecule has 0 amide bonds. The first-order chi connectivity index (χ1) is 9.70. The first-order valence-corrected chi connectivity index (χ1v) is 7.11. The van der Waals surface area contributed by atoms with Crippen molar-refractivity contribution in [3.8, 4) is 22.9 Å². The van der Waals surface area contributed by atoms with Crippen molar-refractivity contribution in [3.63, 3.8) is 0 Å². The highest BCUT2D eigenvalue weighted by atomic mass is 79.9. The van der Waals surface area contributed by atoms with E-state index in [0.29, 0.717) is 24.9 Å². The number of ether oxygens (including phenoxy) is 2. The maximum atomic E-state index is 5.79. The lowest BCUT2D eigenvalue weighted by Gasteiger charge is -2.14. The van der Waals surface area contributed by atoms with Crippen molar-refractivity contribution in [2.24, 2.45) is 5.73 Å². The minimum Gasteiger partial charge on any atom is -0.489 e. The lowest BCUT2D eigenvalue weighted by molar-refractivity contribution is 0.296. The number of halogens is 1. The fraction of sp³-hybridized carbons (Fsp3) is 0.385. The third-order valence-corrected chi connectivity index (χ3v) is 3.69. The van der Waals surface area contributed by atoms with Crippen LogP contribution in [-0.2, 0) is 6.54 Å². The van der Waals surface area contributed by atoms with E-state index in [-0.39, 0.29) is 6.54 Å². The van der Waals surface area contributed by atoms with Gasteiger partial charge in [-0.05, 0) is 28.9 Å². The van der Waals surface area contributed by atoms with Crippen LogP contribution in [0.1, 0.15) is 17.9 Å². The van der Waals surface area contributed by atoms with E-state index in [1.165, 1.54) is 0 Å². The summed E-state index contributed by atoms with van der Waals surface area (Å²) in [6.07, 6.45) is 0.857. The summed E-state index contributed by atoms with van der Waals surface area (Å²) in [7, 11) is 0. The molecule has 106 valence electrons. The normalized spacial score (nSPS) is 14.2. The van der Waals surface area contributed by atoms with Gasteiger partial charge in [-0.2, -0.15) is 4.98 Å². The van der Waals surface area contributed by atoms with E-state index in [0.717, 1.165) is 33.5 Å². The van der Waals surface area contributed by atoms with Gasteiger partial charge in [0.25, 0.3) is 0 Å². The standard InChI is InChI=1S/C13H14BrN3O3/c1-7-8(13-16-10(6-15)20-17-13)5-9(14)12-11(7)18-3-2-4-19-12/h5H,2-4,6,15H2,1H3. The van der Waals surface area contributed by atoms with Gasteiger partial charge in [0.15, 0.2) is 11.5 Å². The Balaban J connectivity index is 2.12. The summed E-state index contributed by atoms with van der Waals surface area (Å²) in [5.74, 6) is 2.36. The van der Waals surface area contributed by atoms with Crippen LogP contribution in [0.5, 0.6) is 11.5 Å². The molecule has 2 aromatic rings. The number of hydrogen-bond acceptors (Lipinski definition) is 6. The molecule has 2 heterocycles. The summed E-state index contributed by atoms with van der Waals surface area (Å²) < 4.78 is 17.4. The third kappa shape index (κ3) is 2.27. The quantitative estimate of drug-likeness (QED) is 0.904. The monoisotopic (exact) mass is 339 g/mol. The lowest BCUT2D eigenvalue weighted by Crippen LogP contribution is -1.99. The van der Waals surface area contributed by atoms with Gasteiger partial charge >= 0.3 is 0 Å². The molecule has 2 N–H and O–H groups in total. The van der Waals surface area contributed by atoms with E-state index < -0.39 is 0 Å². The Morgan fingerprint density at radius 3 is 2.75 bits per heavy atom. The van der Waals surface area contributed by atoms with Gasteiger partial charge in [-0.15, -0.1) is 0 Å². The van der Waals surface area contributed by atoms with Gasteiger partial charge in [0.1, 0.15) is 0 Å². The van der Waals surface area contributed by atoms with Crippen molar-refractivity contribution in [2.45, 2.75) is 19.9 Å². The summed E-state index contributed by atoms with van der Waals surface area (Å²) in [4.78, 5) is 4.25. The summed E-state index contributed by atoms with van der Waals surface area (Å²) in [5.41, 5.74) is 7.25. The predicted octanol–water partition coefficient (Wildman–Crippen LogP) is 2.43. The van der Waals surface area contributed by atoms with Gasteiger partial charge in [0.05, 0.1) is 24.2 Å². The van der Waals surface area contributed by atoms with Gasteiger partial charge in [-0.3, -0.25) is 0 Å². The Kier molecular flexibility index (Phi) is 3.62. The maximum Gasteiger partial charge on any atom is 0.240 e. The fourth-order valence-corrected chi connectivity index (χ4v) is 2.62. The van der Waals surface area contributed by atoms with E-state index in [1.54, 1.807) is 0 Å².